The second-order valence-electron chi connectivity index (χ2n) is 10.7. The average Bonchev–Trinajstić information content (AvgIpc) is 3.77. The quantitative estimate of drug-likeness (QED) is 0.143. The summed E-state index contributed by atoms with van der Waals surface area (Å²) in [5, 5.41) is 8.08. The number of fused-ring (bicyclic) bond motifs is 1. The van der Waals surface area contributed by atoms with Crippen LogP contribution < -0.4 is 15.9 Å². The fraction of sp³-hybridized carbons (Fsp3) is 0.500. The number of hydrogen-bond donors (Lipinski definition) is 3. The van der Waals surface area contributed by atoms with Crippen molar-refractivity contribution in [1.82, 2.24) is 19.8 Å². The van der Waals surface area contributed by atoms with Crippen LogP contribution in [0.1, 0.15) is 45.4 Å². The molecule has 2 aromatic rings. The lowest BCUT2D eigenvalue weighted by Gasteiger charge is -2.31. The van der Waals surface area contributed by atoms with E-state index >= 15 is 0 Å². The first-order chi connectivity index (χ1) is 19.2. The fourth-order valence-corrected chi connectivity index (χ4v) is 6.31. The summed E-state index contributed by atoms with van der Waals surface area (Å²) in [5.41, 5.74) is 0. The van der Waals surface area contributed by atoms with Crippen LogP contribution in [0.15, 0.2) is 52.5 Å². The number of benzene rings is 2. The molecule has 4 rings (SSSR count). The number of likely N-dealkylation sites (tertiary alicyclic amines) is 1. The van der Waals surface area contributed by atoms with Crippen molar-refractivity contribution in [3.63, 3.8) is 0 Å². The van der Waals surface area contributed by atoms with Gasteiger partial charge in [0.1, 0.15) is 18.2 Å². The number of nitrogens with one attached hydrogen (secondary N) is 2. The normalized spacial score (nSPS) is 18.5. The second-order valence-corrected chi connectivity index (χ2v) is 12.4. The predicted molar refractivity (Wildman–Crippen MR) is 153 cm³/mol. The molecule has 0 unspecified atom stereocenters. The van der Waals surface area contributed by atoms with Crippen LogP contribution in [0, 0.1) is 5.92 Å². The topological polar surface area (TPSA) is 154 Å². The maximum absolute atomic E-state index is 13.7. The highest BCUT2D eigenvalue weighted by Gasteiger charge is 2.38. The van der Waals surface area contributed by atoms with Gasteiger partial charge < -0.3 is 21.0 Å². The van der Waals surface area contributed by atoms with E-state index in [9.17, 15) is 22.8 Å². The molecular formula is C28H38N6O5S. The molecule has 11 nitrogen and oxygen atoms in total. The Morgan fingerprint density at radius 3 is 2.60 bits per heavy atom. The molecule has 0 spiro atoms. The van der Waals surface area contributed by atoms with Gasteiger partial charge in [0, 0.05) is 38.6 Å². The van der Waals surface area contributed by atoms with E-state index in [-0.39, 0.29) is 42.0 Å². The first kappa shape index (κ1) is 29.5. The number of hydrazone groups is 1. The number of amides is 2. The van der Waals surface area contributed by atoms with E-state index in [1.165, 1.54) is 13.0 Å². The molecule has 1 heterocycles. The van der Waals surface area contributed by atoms with Crippen molar-refractivity contribution in [2.24, 2.45) is 16.9 Å². The molecule has 1 saturated heterocycles. The smallest absolute Gasteiger partial charge is 0.241 e. The van der Waals surface area contributed by atoms with Gasteiger partial charge in [0.15, 0.2) is 0 Å². The molecule has 0 radical (unpaired) electrons. The van der Waals surface area contributed by atoms with Gasteiger partial charge in [-0.15, -0.1) is 0 Å². The molecule has 2 amide bonds. The van der Waals surface area contributed by atoms with Gasteiger partial charge in [0.2, 0.25) is 21.8 Å². The lowest BCUT2D eigenvalue weighted by atomic mass is 9.98. The van der Waals surface area contributed by atoms with Gasteiger partial charge in [0.25, 0.3) is 0 Å². The molecule has 1 aliphatic heterocycles. The highest BCUT2D eigenvalue weighted by Crippen LogP contribution is 2.28. The molecule has 12 heteroatoms. The average molecular weight is 571 g/mol. The largest absolute Gasteiger partial charge is 0.361 e. The monoisotopic (exact) mass is 570 g/mol. The maximum atomic E-state index is 13.7. The summed E-state index contributed by atoms with van der Waals surface area (Å²) in [6.45, 7) is 3.57. The first-order valence-electron chi connectivity index (χ1n) is 13.7. The summed E-state index contributed by atoms with van der Waals surface area (Å²) in [6, 6.07) is 10.8. The van der Waals surface area contributed by atoms with Crippen LogP contribution in [0.4, 0.5) is 0 Å². The molecule has 2 aromatic carbocycles. The van der Waals surface area contributed by atoms with Crippen LogP contribution in [-0.2, 0) is 24.4 Å². The van der Waals surface area contributed by atoms with Gasteiger partial charge in [-0.3, -0.25) is 14.4 Å². The van der Waals surface area contributed by atoms with Crippen LogP contribution in [0.2, 0.25) is 0 Å². The van der Waals surface area contributed by atoms with Crippen molar-refractivity contribution < 1.29 is 22.8 Å². The van der Waals surface area contributed by atoms with Crippen molar-refractivity contribution in [2.75, 3.05) is 26.2 Å². The van der Waals surface area contributed by atoms with Gasteiger partial charge in [0.05, 0.1) is 11.3 Å². The summed E-state index contributed by atoms with van der Waals surface area (Å²) >= 11 is 0. The Balaban J connectivity index is 1.50. The van der Waals surface area contributed by atoms with E-state index in [0.717, 1.165) is 43.0 Å². The molecule has 4 N–H and O–H groups in total. The fourth-order valence-electron chi connectivity index (χ4n) is 5.09. The molecule has 0 aromatic heterocycles. The minimum absolute atomic E-state index is 0.00924. The zero-order chi connectivity index (χ0) is 28.7. The Morgan fingerprint density at radius 2 is 1.90 bits per heavy atom. The number of carbonyl (C=O) groups excluding carboxylic acids is 3. The third kappa shape index (κ3) is 8.01. The van der Waals surface area contributed by atoms with Crippen molar-refractivity contribution in [2.45, 2.75) is 62.4 Å². The van der Waals surface area contributed by atoms with Crippen LogP contribution in [0.5, 0.6) is 0 Å². The summed E-state index contributed by atoms with van der Waals surface area (Å²) in [7, 11) is -4.14. The number of rotatable bonds is 13. The number of Topliss-reactive ketones (excluding diaryl/α,β-unsaturated/α-hetero) is 1. The Morgan fingerprint density at radius 1 is 1.15 bits per heavy atom. The Hall–Kier alpha value is -3.51. The summed E-state index contributed by atoms with van der Waals surface area (Å²) < 4.78 is 29.4. The van der Waals surface area contributed by atoms with E-state index in [0.29, 0.717) is 13.1 Å². The van der Waals surface area contributed by atoms with E-state index in [4.69, 9.17) is 5.84 Å². The lowest BCUT2D eigenvalue weighted by Crippen LogP contribution is -2.52. The zero-order valence-electron chi connectivity index (χ0n) is 22.8. The Labute approximate surface area is 235 Å². The number of piperidine rings is 1. The summed E-state index contributed by atoms with van der Waals surface area (Å²) in [5.74, 6) is 4.46. The molecule has 40 heavy (non-hydrogen) atoms. The van der Waals surface area contributed by atoms with E-state index in [1.54, 1.807) is 23.4 Å². The molecule has 216 valence electrons. The minimum atomic E-state index is -4.14. The Bertz CT molecular complexity index is 1360. The van der Waals surface area contributed by atoms with Gasteiger partial charge >= 0.3 is 0 Å². The van der Waals surface area contributed by atoms with Gasteiger partial charge in [-0.25, -0.2) is 8.42 Å². The van der Waals surface area contributed by atoms with E-state index in [2.05, 4.69) is 15.1 Å². The summed E-state index contributed by atoms with van der Waals surface area (Å²) in [4.78, 5) is 41.9. The van der Waals surface area contributed by atoms with E-state index < -0.39 is 27.9 Å². The lowest BCUT2D eigenvalue weighted by molar-refractivity contribution is -0.136. The predicted octanol–water partition coefficient (Wildman–Crippen LogP) is 1.58. The highest BCUT2D eigenvalue weighted by molar-refractivity contribution is 7.89. The van der Waals surface area contributed by atoms with Crippen molar-refractivity contribution in [3.05, 3.63) is 42.5 Å². The van der Waals surface area contributed by atoms with Crippen molar-refractivity contribution >= 4 is 44.7 Å². The number of carbonyl (C=O) groups is 3. The summed E-state index contributed by atoms with van der Waals surface area (Å²) in [6.07, 6.45) is 4.82. The van der Waals surface area contributed by atoms with Crippen LogP contribution in [-0.4, -0.2) is 80.4 Å². The number of nitrogens with zero attached hydrogens (tertiary/aromatic N) is 3. The van der Waals surface area contributed by atoms with E-state index in [1.807, 2.05) is 29.2 Å². The number of sulfonamides is 1. The highest BCUT2D eigenvalue weighted by atomic mass is 32.2. The standard InChI is InChI=1S/C28H38N6O5S/c1-20(35)12-14-34(24-9-10-24)28(37)26(16-27(36)30-17-21-5-4-13-33(18-21)19-31-29)32-40(38,39)25-11-8-22-6-2-3-7-23(22)15-25/h2-3,6-8,11,15,19,21,24,26,32H,4-5,9-10,12-14,16-18,29H2,1H3,(H,30,36)/t21-,26-/m0/s1. The van der Waals surface area contributed by atoms with Gasteiger partial charge in [-0.05, 0) is 61.4 Å². The van der Waals surface area contributed by atoms with Crippen molar-refractivity contribution in [3.8, 4) is 0 Å². The number of nitrogens with two attached hydrogens (primary N) is 1. The maximum Gasteiger partial charge on any atom is 0.241 e. The number of hydrogen-bond acceptors (Lipinski definition) is 7. The SMILES string of the molecule is CC(=O)CCN(C(=O)[C@H](CC(=O)NC[C@@H]1CCCN(C=NN)C1)NS(=O)(=O)c1ccc2ccccc2c1)C1CC1. The third-order valence-electron chi connectivity index (χ3n) is 7.36. The second kappa shape index (κ2) is 13.2. The molecule has 2 fully saturated rings. The van der Waals surface area contributed by atoms with Crippen LogP contribution >= 0.6 is 0 Å². The minimum Gasteiger partial charge on any atom is -0.361 e. The molecule has 1 saturated carbocycles. The molecular weight excluding hydrogens is 532 g/mol. The van der Waals surface area contributed by atoms with Crippen LogP contribution in [0.25, 0.3) is 10.8 Å². The van der Waals surface area contributed by atoms with Crippen molar-refractivity contribution in [1.29, 1.82) is 0 Å². The molecule has 2 atom stereocenters. The zero-order valence-corrected chi connectivity index (χ0v) is 23.6. The first-order valence-corrected chi connectivity index (χ1v) is 15.2. The third-order valence-corrected chi connectivity index (χ3v) is 8.83. The molecule has 1 aliphatic carbocycles. The molecule has 2 aliphatic rings. The van der Waals surface area contributed by atoms with Gasteiger partial charge in [-0.1, -0.05) is 30.3 Å². The Kier molecular flexibility index (Phi) is 9.75. The number of ketones is 1. The van der Waals surface area contributed by atoms with Gasteiger partial charge in [-0.2, -0.15) is 9.82 Å². The van der Waals surface area contributed by atoms with Crippen LogP contribution in [0.3, 0.4) is 0 Å². The molecule has 0 bridgehead atoms.